The van der Waals surface area contributed by atoms with Crippen molar-refractivity contribution in [3.8, 4) is 0 Å². The van der Waals surface area contributed by atoms with Crippen molar-refractivity contribution < 1.29 is 4.79 Å². The summed E-state index contributed by atoms with van der Waals surface area (Å²) in [5.74, 6) is 1.01. The summed E-state index contributed by atoms with van der Waals surface area (Å²) in [6.45, 7) is 2.26. The quantitative estimate of drug-likeness (QED) is 0.651. The van der Waals surface area contributed by atoms with Gasteiger partial charge in [0.1, 0.15) is 5.78 Å². The molecule has 0 aliphatic heterocycles. The van der Waals surface area contributed by atoms with Crippen molar-refractivity contribution in [2.75, 3.05) is 0 Å². The van der Waals surface area contributed by atoms with Gasteiger partial charge in [0.15, 0.2) is 0 Å². The molecule has 2 aliphatic rings. The number of rotatable bonds is 3. The molecule has 0 radical (unpaired) electrons. The molecule has 0 atom stereocenters. The molecule has 0 N–H and O–H groups in total. The van der Waals surface area contributed by atoms with Crippen LogP contribution in [-0.2, 0) is 4.79 Å². The second-order valence-electron chi connectivity index (χ2n) is 5.29. The zero-order valence-corrected chi connectivity index (χ0v) is 8.64. The fraction of sp³-hybridized carbons (Fsp3) is 0.917. The topological polar surface area (TPSA) is 17.1 Å². The van der Waals surface area contributed by atoms with E-state index in [1.807, 2.05) is 0 Å². The van der Waals surface area contributed by atoms with Crippen molar-refractivity contribution in [2.45, 2.75) is 58.3 Å². The highest BCUT2D eigenvalue weighted by Gasteiger charge is 2.40. The lowest BCUT2D eigenvalue weighted by molar-refractivity contribution is -0.124. The van der Waals surface area contributed by atoms with Crippen molar-refractivity contribution in [3.63, 3.8) is 0 Å². The van der Waals surface area contributed by atoms with Gasteiger partial charge in [0.05, 0.1) is 0 Å². The van der Waals surface area contributed by atoms with Crippen LogP contribution in [0, 0.1) is 11.3 Å². The minimum atomic E-state index is 0.425. The molecule has 0 aromatic heterocycles. The van der Waals surface area contributed by atoms with Gasteiger partial charge in [-0.05, 0) is 31.1 Å². The van der Waals surface area contributed by atoms with E-state index in [1.54, 1.807) is 0 Å². The van der Waals surface area contributed by atoms with Crippen molar-refractivity contribution in [3.05, 3.63) is 0 Å². The van der Waals surface area contributed by atoms with Crippen molar-refractivity contribution in [1.29, 1.82) is 0 Å². The van der Waals surface area contributed by atoms with Crippen LogP contribution in [0.25, 0.3) is 0 Å². The van der Waals surface area contributed by atoms with Crippen LogP contribution in [0.1, 0.15) is 58.3 Å². The highest BCUT2D eigenvalue weighted by Crippen LogP contribution is 2.49. The Morgan fingerprint density at radius 2 is 1.85 bits per heavy atom. The molecule has 74 valence electrons. The third kappa shape index (κ3) is 2.32. The first kappa shape index (κ1) is 9.23. The van der Waals surface area contributed by atoms with Gasteiger partial charge in [-0.25, -0.2) is 0 Å². The second kappa shape index (κ2) is 3.43. The molecular formula is C12H20O. The normalized spacial score (nSPS) is 27.2. The maximum absolute atomic E-state index is 11.9. The summed E-state index contributed by atoms with van der Waals surface area (Å²) in [5.41, 5.74) is 0.425. The van der Waals surface area contributed by atoms with Crippen molar-refractivity contribution in [1.82, 2.24) is 0 Å². The molecule has 0 spiro atoms. The van der Waals surface area contributed by atoms with Crippen LogP contribution in [-0.4, -0.2) is 5.78 Å². The summed E-state index contributed by atoms with van der Waals surface area (Å²) in [4.78, 5) is 11.9. The molecule has 0 aromatic rings. The average Bonchev–Trinajstić information content (AvgIpc) is 2.85. The summed E-state index contributed by atoms with van der Waals surface area (Å²) < 4.78 is 0. The molecule has 13 heavy (non-hydrogen) atoms. The van der Waals surface area contributed by atoms with E-state index in [0.29, 0.717) is 17.1 Å². The molecule has 0 saturated heterocycles. The fourth-order valence-electron chi connectivity index (χ4n) is 2.38. The predicted molar refractivity (Wildman–Crippen MR) is 53.5 cm³/mol. The van der Waals surface area contributed by atoms with E-state index in [0.717, 1.165) is 6.42 Å². The molecule has 2 rings (SSSR count). The van der Waals surface area contributed by atoms with Gasteiger partial charge in [-0.3, -0.25) is 4.79 Å². The largest absolute Gasteiger partial charge is 0.299 e. The summed E-state index contributed by atoms with van der Waals surface area (Å²) in [6.07, 6.45) is 9.71. The molecule has 1 nitrogen and oxygen atoms in total. The number of ketones is 1. The monoisotopic (exact) mass is 180 g/mol. The Labute approximate surface area is 80.9 Å². The molecular weight excluding hydrogens is 160 g/mol. The zero-order valence-electron chi connectivity index (χ0n) is 8.64. The van der Waals surface area contributed by atoms with E-state index in [9.17, 15) is 4.79 Å². The van der Waals surface area contributed by atoms with Gasteiger partial charge in [0.2, 0.25) is 0 Å². The standard InChI is InChI=1S/C12H20O/c1-12(7-8-12)9-11(13)10-5-3-2-4-6-10/h10H,2-9H2,1H3. The van der Waals surface area contributed by atoms with E-state index in [-0.39, 0.29) is 0 Å². The number of hydrogen-bond acceptors (Lipinski definition) is 1. The fourth-order valence-corrected chi connectivity index (χ4v) is 2.38. The van der Waals surface area contributed by atoms with Gasteiger partial charge in [-0.15, -0.1) is 0 Å². The van der Waals surface area contributed by atoms with Crippen molar-refractivity contribution in [2.24, 2.45) is 11.3 Å². The zero-order chi connectivity index (χ0) is 9.31. The highest BCUT2D eigenvalue weighted by atomic mass is 16.1. The number of Topliss-reactive ketones (excluding diaryl/α,β-unsaturated/α-hetero) is 1. The lowest BCUT2D eigenvalue weighted by Crippen LogP contribution is -2.20. The Hall–Kier alpha value is -0.330. The van der Waals surface area contributed by atoms with Crippen molar-refractivity contribution >= 4 is 5.78 Å². The van der Waals surface area contributed by atoms with Gasteiger partial charge >= 0.3 is 0 Å². The van der Waals surface area contributed by atoms with Gasteiger partial charge in [0.25, 0.3) is 0 Å². The third-order valence-electron chi connectivity index (χ3n) is 3.77. The number of hydrogen-bond donors (Lipinski definition) is 0. The predicted octanol–water partition coefficient (Wildman–Crippen LogP) is 3.33. The van der Waals surface area contributed by atoms with Gasteiger partial charge in [0, 0.05) is 12.3 Å². The van der Waals surface area contributed by atoms with E-state index in [4.69, 9.17) is 0 Å². The van der Waals surface area contributed by atoms with Gasteiger partial charge < -0.3 is 0 Å². The van der Waals surface area contributed by atoms with Gasteiger partial charge in [-0.2, -0.15) is 0 Å². The molecule has 1 heteroatoms. The highest BCUT2D eigenvalue weighted by molar-refractivity contribution is 5.82. The van der Waals surface area contributed by atoms with E-state index in [2.05, 4.69) is 6.92 Å². The number of carbonyl (C=O) groups excluding carboxylic acids is 1. The molecule has 2 fully saturated rings. The average molecular weight is 180 g/mol. The smallest absolute Gasteiger partial charge is 0.136 e. The first-order valence-electron chi connectivity index (χ1n) is 5.72. The summed E-state index contributed by atoms with van der Waals surface area (Å²) >= 11 is 0. The SMILES string of the molecule is CC1(CC(=O)C2CCCCC2)CC1. The first-order chi connectivity index (χ1) is 6.20. The van der Waals surface area contributed by atoms with E-state index >= 15 is 0 Å². The summed E-state index contributed by atoms with van der Waals surface area (Å²) in [7, 11) is 0. The maximum atomic E-state index is 11.9. The lowest BCUT2D eigenvalue weighted by Gasteiger charge is -2.21. The summed E-state index contributed by atoms with van der Waals surface area (Å²) in [5, 5.41) is 0. The van der Waals surface area contributed by atoms with Crippen LogP contribution < -0.4 is 0 Å². The van der Waals surface area contributed by atoms with Crippen LogP contribution in [0.2, 0.25) is 0 Å². The lowest BCUT2D eigenvalue weighted by atomic mass is 9.83. The first-order valence-corrected chi connectivity index (χ1v) is 5.72. The Morgan fingerprint density at radius 3 is 2.38 bits per heavy atom. The van der Waals surface area contributed by atoms with Crippen LogP contribution in [0.3, 0.4) is 0 Å². The van der Waals surface area contributed by atoms with Crippen LogP contribution >= 0.6 is 0 Å². The molecule has 0 unspecified atom stereocenters. The minimum absolute atomic E-state index is 0.425. The molecule has 0 bridgehead atoms. The molecule has 2 saturated carbocycles. The Morgan fingerprint density at radius 1 is 1.23 bits per heavy atom. The van der Waals surface area contributed by atoms with E-state index < -0.39 is 0 Å². The van der Waals surface area contributed by atoms with E-state index in [1.165, 1.54) is 44.9 Å². The van der Waals surface area contributed by atoms with Gasteiger partial charge in [-0.1, -0.05) is 26.2 Å². The molecule has 0 aromatic carbocycles. The summed E-state index contributed by atoms with van der Waals surface area (Å²) in [6, 6.07) is 0. The number of carbonyl (C=O) groups is 1. The van der Waals surface area contributed by atoms with Crippen LogP contribution in [0.4, 0.5) is 0 Å². The maximum Gasteiger partial charge on any atom is 0.136 e. The Balaban J connectivity index is 1.81. The molecule has 2 aliphatic carbocycles. The van der Waals surface area contributed by atoms with Crippen LogP contribution in [0.5, 0.6) is 0 Å². The Kier molecular flexibility index (Phi) is 2.44. The Bertz CT molecular complexity index is 197. The second-order valence-corrected chi connectivity index (χ2v) is 5.29. The minimum Gasteiger partial charge on any atom is -0.299 e. The molecule has 0 heterocycles. The third-order valence-corrected chi connectivity index (χ3v) is 3.77. The van der Waals surface area contributed by atoms with Crippen LogP contribution in [0.15, 0.2) is 0 Å². The molecule has 0 amide bonds.